The van der Waals surface area contributed by atoms with E-state index in [4.69, 9.17) is 11.5 Å². The molecule has 1 saturated carbocycles. The molecule has 98 valence electrons. The summed E-state index contributed by atoms with van der Waals surface area (Å²) in [6, 6.07) is 5.04. The van der Waals surface area contributed by atoms with Gasteiger partial charge in [-0.25, -0.2) is 4.98 Å². The van der Waals surface area contributed by atoms with Crippen molar-refractivity contribution >= 4 is 33.8 Å². The van der Waals surface area contributed by atoms with E-state index >= 15 is 0 Å². The molecule has 1 aromatic carbocycles. The van der Waals surface area contributed by atoms with E-state index in [2.05, 4.69) is 15.7 Å². The van der Waals surface area contributed by atoms with Crippen LogP contribution in [-0.4, -0.2) is 10.9 Å². The number of hydrogen-bond donors (Lipinski definition) is 3. The third kappa shape index (κ3) is 2.53. The quantitative estimate of drug-likeness (QED) is 0.746. The summed E-state index contributed by atoms with van der Waals surface area (Å²) in [5.74, 6) is 0.114. The Morgan fingerprint density at radius 1 is 1.42 bits per heavy atom. The van der Waals surface area contributed by atoms with Crippen LogP contribution in [0.15, 0.2) is 23.6 Å². The second-order valence-corrected chi connectivity index (χ2v) is 5.50. The predicted molar refractivity (Wildman–Crippen MR) is 76.7 cm³/mol. The number of rotatable bonds is 4. The molecule has 6 heteroatoms. The monoisotopic (exact) mass is 274 g/mol. The Morgan fingerprint density at radius 3 is 2.89 bits per heavy atom. The second kappa shape index (κ2) is 4.55. The van der Waals surface area contributed by atoms with Gasteiger partial charge in [-0.3, -0.25) is 4.79 Å². The first-order valence-corrected chi connectivity index (χ1v) is 6.93. The molecule has 0 radical (unpaired) electrons. The lowest BCUT2D eigenvalue weighted by atomic mass is 10.1. The Kier molecular flexibility index (Phi) is 2.87. The molecule has 1 heterocycles. The van der Waals surface area contributed by atoms with E-state index in [0.717, 1.165) is 10.8 Å². The minimum Gasteiger partial charge on any atom is -0.399 e. The highest BCUT2D eigenvalue weighted by Crippen LogP contribution is 2.41. The van der Waals surface area contributed by atoms with Gasteiger partial charge in [-0.05, 0) is 31.0 Å². The topological polar surface area (TPSA) is 94.0 Å². The van der Waals surface area contributed by atoms with Crippen LogP contribution in [-0.2, 0) is 0 Å². The summed E-state index contributed by atoms with van der Waals surface area (Å²) in [7, 11) is 0. The van der Waals surface area contributed by atoms with Gasteiger partial charge in [0.05, 0.1) is 16.9 Å². The van der Waals surface area contributed by atoms with Gasteiger partial charge in [-0.1, -0.05) is 0 Å². The van der Waals surface area contributed by atoms with Gasteiger partial charge in [0.2, 0.25) is 0 Å². The number of benzene rings is 1. The van der Waals surface area contributed by atoms with E-state index in [1.807, 2.05) is 0 Å². The largest absolute Gasteiger partial charge is 0.399 e. The summed E-state index contributed by atoms with van der Waals surface area (Å²) in [5.41, 5.74) is 13.7. The van der Waals surface area contributed by atoms with E-state index in [0.29, 0.717) is 22.9 Å². The Bertz CT molecular complexity index is 633. The molecule has 0 atom stereocenters. The van der Waals surface area contributed by atoms with Crippen LogP contribution in [0, 0.1) is 0 Å². The van der Waals surface area contributed by atoms with Crippen molar-refractivity contribution in [2.45, 2.75) is 18.8 Å². The molecule has 1 fully saturated rings. The van der Waals surface area contributed by atoms with Gasteiger partial charge in [-0.15, -0.1) is 11.3 Å². The number of thiazole rings is 1. The first kappa shape index (κ1) is 12.0. The smallest absolute Gasteiger partial charge is 0.250 e. The zero-order valence-corrected chi connectivity index (χ0v) is 11.0. The molecule has 1 aliphatic carbocycles. The summed E-state index contributed by atoms with van der Waals surface area (Å²) >= 11 is 1.53. The first-order valence-electron chi connectivity index (χ1n) is 6.05. The third-order valence-corrected chi connectivity index (χ3v) is 3.84. The summed E-state index contributed by atoms with van der Waals surface area (Å²) in [4.78, 5) is 15.9. The standard InChI is InChI=1S/C13H14N4OS/c14-8-3-4-10(9(5-8)12(15)18)16-13-17-11(6-19-13)7-1-2-7/h3-7H,1-2,14H2,(H2,15,18)(H,16,17). The van der Waals surface area contributed by atoms with E-state index in [1.165, 1.54) is 24.2 Å². The van der Waals surface area contributed by atoms with Crippen molar-refractivity contribution in [1.82, 2.24) is 4.98 Å². The molecule has 0 unspecified atom stereocenters. The second-order valence-electron chi connectivity index (χ2n) is 4.65. The number of nitrogens with one attached hydrogen (secondary N) is 1. The number of anilines is 3. The Labute approximate surface area is 114 Å². The fourth-order valence-corrected chi connectivity index (χ4v) is 2.70. The third-order valence-electron chi connectivity index (χ3n) is 3.07. The fraction of sp³-hybridized carbons (Fsp3) is 0.231. The molecule has 0 saturated heterocycles. The molecule has 19 heavy (non-hydrogen) atoms. The van der Waals surface area contributed by atoms with Crippen LogP contribution in [0.3, 0.4) is 0 Å². The molecule has 0 spiro atoms. The Balaban J connectivity index is 1.87. The van der Waals surface area contributed by atoms with Gasteiger partial charge < -0.3 is 16.8 Å². The van der Waals surface area contributed by atoms with Gasteiger partial charge in [0.25, 0.3) is 5.91 Å². The van der Waals surface area contributed by atoms with Gasteiger partial charge in [0, 0.05) is 17.0 Å². The van der Waals surface area contributed by atoms with Gasteiger partial charge in [0.15, 0.2) is 5.13 Å². The van der Waals surface area contributed by atoms with E-state index in [9.17, 15) is 4.79 Å². The van der Waals surface area contributed by atoms with Crippen molar-refractivity contribution < 1.29 is 4.79 Å². The number of carbonyl (C=O) groups is 1. The predicted octanol–water partition coefficient (Wildman–Crippen LogP) is 2.45. The van der Waals surface area contributed by atoms with Crippen molar-refractivity contribution in [3.63, 3.8) is 0 Å². The maximum Gasteiger partial charge on any atom is 0.250 e. The minimum absolute atomic E-state index is 0.378. The lowest BCUT2D eigenvalue weighted by molar-refractivity contribution is 0.100. The van der Waals surface area contributed by atoms with Gasteiger partial charge >= 0.3 is 0 Å². The fourth-order valence-electron chi connectivity index (χ4n) is 1.90. The molecule has 0 bridgehead atoms. The lowest BCUT2D eigenvalue weighted by Crippen LogP contribution is -2.13. The SMILES string of the molecule is NC(=O)c1cc(N)ccc1Nc1nc(C2CC2)cs1. The number of nitrogen functional groups attached to an aromatic ring is 1. The number of nitrogens with zero attached hydrogens (tertiary/aromatic N) is 1. The van der Waals surface area contributed by atoms with Crippen LogP contribution in [0.4, 0.5) is 16.5 Å². The molecular weight excluding hydrogens is 260 g/mol. The normalized spacial score (nSPS) is 14.3. The average molecular weight is 274 g/mol. The van der Waals surface area contributed by atoms with Crippen LogP contribution in [0.25, 0.3) is 0 Å². The van der Waals surface area contributed by atoms with Gasteiger partial charge in [0.1, 0.15) is 0 Å². The molecule has 1 aromatic heterocycles. The van der Waals surface area contributed by atoms with Crippen molar-refractivity contribution in [2.75, 3.05) is 11.1 Å². The molecule has 0 aliphatic heterocycles. The Morgan fingerprint density at radius 2 is 2.21 bits per heavy atom. The van der Waals surface area contributed by atoms with Crippen LogP contribution in [0.2, 0.25) is 0 Å². The highest BCUT2D eigenvalue weighted by molar-refractivity contribution is 7.13. The zero-order chi connectivity index (χ0) is 13.4. The number of nitrogens with two attached hydrogens (primary N) is 2. The minimum atomic E-state index is -0.506. The van der Waals surface area contributed by atoms with Crippen molar-refractivity contribution in [1.29, 1.82) is 0 Å². The first-order chi connectivity index (χ1) is 9.13. The van der Waals surface area contributed by atoms with E-state index < -0.39 is 5.91 Å². The summed E-state index contributed by atoms with van der Waals surface area (Å²) in [6.45, 7) is 0. The molecule has 2 aromatic rings. The summed E-state index contributed by atoms with van der Waals surface area (Å²) in [5, 5.41) is 5.96. The molecular formula is C13H14N4OS. The molecule has 5 N–H and O–H groups in total. The summed E-state index contributed by atoms with van der Waals surface area (Å²) < 4.78 is 0. The highest BCUT2D eigenvalue weighted by Gasteiger charge is 2.26. The highest BCUT2D eigenvalue weighted by atomic mass is 32.1. The van der Waals surface area contributed by atoms with E-state index in [1.54, 1.807) is 18.2 Å². The van der Waals surface area contributed by atoms with Gasteiger partial charge in [-0.2, -0.15) is 0 Å². The van der Waals surface area contributed by atoms with Crippen LogP contribution >= 0.6 is 11.3 Å². The molecule has 1 aliphatic rings. The maximum atomic E-state index is 11.4. The van der Waals surface area contributed by atoms with Crippen LogP contribution in [0.1, 0.15) is 34.8 Å². The van der Waals surface area contributed by atoms with Crippen LogP contribution in [0.5, 0.6) is 0 Å². The molecule has 1 amide bonds. The number of hydrogen-bond acceptors (Lipinski definition) is 5. The Hall–Kier alpha value is -2.08. The number of amides is 1. The number of aromatic nitrogens is 1. The maximum absolute atomic E-state index is 11.4. The number of primary amides is 1. The van der Waals surface area contributed by atoms with E-state index in [-0.39, 0.29) is 0 Å². The average Bonchev–Trinajstić information content (AvgIpc) is 3.12. The van der Waals surface area contributed by atoms with Crippen LogP contribution < -0.4 is 16.8 Å². The van der Waals surface area contributed by atoms with Crippen molar-refractivity contribution in [3.8, 4) is 0 Å². The molecule has 3 rings (SSSR count). The lowest BCUT2D eigenvalue weighted by Gasteiger charge is -2.08. The molecule has 5 nitrogen and oxygen atoms in total. The van der Waals surface area contributed by atoms with Crippen molar-refractivity contribution in [2.24, 2.45) is 5.73 Å². The zero-order valence-electron chi connectivity index (χ0n) is 10.2. The number of carbonyl (C=O) groups excluding carboxylic acids is 1. The summed E-state index contributed by atoms with van der Waals surface area (Å²) in [6.07, 6.45) is 2.44. The van der Waals surface area contributed by atoms with Crippen molar-refractivity contribution in [3.05, 3.63) is 34.8 Å².